The number of aromatic nitrogens is 2. The van der Waals surface area contributed by atoms with E-state index in [-0.39, 0.29) is 13.0 Å². The number of fused-ring (bicyclic) bond motifs is 1. The highest BCUT2D eigenvalue weighted by atomic mass is 16.6. The first-order chi connectivity index (χ1) is 15.4. The Kier molecular flexibility index (Phi) is 7.43. The normalized spacial score (nSPS) is 11.7. The summed E-state index contributed by atoms with van der Waals surface area (Å²) in [5, 5.41) is 2.91. The average molecular weight is 439 g/mol. The van der Waals surface area contributed by atoms with Gasteiger partial charge in [0.05, 0.1) is 30.3 Å². The second kappa shape index (κ2) is 10.4. The number of rotatable bonds is 8. The number of para-hydroxylation sites is 1. The van der Waals surface area contributed by atoms with Crippen molar-refractivity contribution in [2.24, 2.45) is 0 Å². The number of ether oxygens (including phenoxy) is 2. The number of H-pyrrole nitrogens is 1. The van der Waals surface area contributed by atoms with E-state index < -0.39 is 29.4 Å². The molecule has 168 valence electrons. The summed E-state index contributed by atoms with van der Waals surface area (Å²) in [6.45, 7) is 2.24. The van der Waals surface area contributed by atoms with Crippen LogP contribution < -0.4 is 16.6 Å². The lowest BCUT2D eigenvalue weighted by atomic mass is 10.1. The molecule has 0 aliphatic rings. The Morgan fingerprint density at radius 2 is 1.81 bits per heavy atom. The zero-order chi connectivity index (χ0) is 23.1. The first-order valence-electron chi connectivity index (χ1n) is 10.3. The summed E-state index contributed by atoms with van der Waals surface area (Å²) in [6, 6.07) is 12.4. The monoisotopic (exact) mass is 439 g/mol. The van der Waals surface area contributed by atoms with Crippen LogP contribution in [0.1, 0.15) is 25.3 Å². The van der Waals surface area contributed by atoms with Crippen LogP contribution in [0.3, 0.4) is 0 Å². The molecule has 9 heteroatoms. The number of carbonyl (C=O) groups is 2. The molecule has 32 heavy (non-hydrogen) atoms. The number of hydrogen-bond acceptors (Lipinski definition) is 6. The van der Waals surface area contributed by atoms with E-state index >= 15 is 0 Å². The Hall–Kier alpha value is -3.88. The fourth-order valence-corrected chi connectivity index (χ4v) is 3.24. The third-order valence-electron chi connectivity index (χ3n) is 4.95. The largest absolute Gasteiger partial charge is 0.467 e. The fraction of sp³-hybridized carbons (Fsp3) is 0.304. The molecule has 2 aromatic carbocycles. The molecule has 1 atom stereocenters. The first kappa shape index (κ1) is 22.8. The number of methoxy groups -OCH3 is 1. The molecule has 0 saturated carbocycles. The van der Waals surface area contributed by atoms with Crippen molar-refractivity contribution in [1.29, 1.82) is 0 Å². The zero-order valence-corrected chi connectivity index (χ0v) is 17.9. The summed E-state index contributed by atoms with van der Waals surface area (Å²) in [6.07, 6.45) is 1.06. The standard InChI is InChI=1S/C23H25N3O6/c1-3-4-13-32-23(30)25-19(21(28)31-2)14-15-9-11-16(12-10-15)26-20(27)17-7-5-6-8-18(17)24-22(26)29/h5-12,19H,3-4,13-14H2,1-2H3,(H,24,29)(H,25,30). The summed E-state index contributed by atoms with van der Waals surface area (Å²) in [5.74, 6) is -0.608. The topological polar surface area (TPSA) is 119 Å². The molecule has 0 bridgehead atoms. The number of unbranched alkanes of at least 4 members (excludes halogenated alkanes) is 1. The van der Waals surface area contributed by atoms with E-state index in [4.69, 9.17) is 9.47 Å². The maximum atomic E-state index is 12.8. The lowest BCUT2D eigenvalue weighted by Gasteiger charge is -2.17. The molecule has 1 aromatic heterocycles. The maximum Gasteiger partial charge on any atom is 0.407 e. The van der Waals surface area contributed by atoms with E-state index in [1.54, 1.807) is 48.5 Å². The number of carbonyl (C=O) groups excluding carboxylic acids is 2. The van der Waals surface area contributed by atoms with Crippen molar-refractivity contribution in [2.75, 3.05) is 13.7 Å². The highest BCUT2D eigenvalue weighted by molar-refractivity contribution is 5.81. The number of alkyl carbamates (subject to hydrolysis) is 1. The van der Waals surface area contributed by atoms with E-state index in [2.05, 4.69) is 10.3 Å². The predicted molar refractivity (Wildman–Crippen MR) is 119 cm³/mol. The van der Waals surface area contributed by atoms with Gasteiger partial charge in [-0.05, 0) is 36.2 Å². The van der Waals surface area contributed by atoms with Crippen molar-refractivity contribution in [3.05, 3.63) is 74.9 Å². The highest BCUT2D eigenvalue weighted by Crippen LogP contribution is 2.11. The smallest absolute Gasteiger partial charge is 0.407 e. The summed E-state index contributed by atoms with van der Waals surface area (Å²) in [4.78, 5) is 52.0. The third-order valence-corrected chi connectivity index (χ3v) is 4.95. The summed E-state index contributed by atoms with van der Waals surface area (Å²) < 4.78 is 10.9. The maximum absolute atomic E-state index is 12.8. The minimum Gasteiger partial charge on any atom is -0.467 e. The number of benzene rings is 2. The SMILES string of the molecule is CCCCOC(=O)NC(Cc1ccc(-n2c(=O)[nH]c3ccccc3c2=O)cc1)C(=O)OC. The van der Waals surface area contributed by atoms with Gasteiger partial charge in [-0.25, -0.2) is 19.0 Å². The van der Waals surface area contributed by atoms with Gasteiger partial charge in [-0.2, -0.15) is 0 Å². The molecule has 0 aliphatic heterocycles. The van der Waals surface area contributed by atoms with Gasteiger partial charge < -0.3 is 19.8 Å². The van der Waals surface area contributed by atoms with Gasteiger partial charge >= 0.3 is 17.8 Å². The lowest BCUT2D eigenvalue weighted by Crippen LogP contribution is -2.43. The summed E-state index contributed by atoms with van der Waals surface area (Å²) in [5.41, 5.74) is 0.565. The zero-order valence-electron chi connectivity index (χ0n) is 17.9. The van der Waals surface area contributed by atoms with Crippen LogP contribution >= 0.6 is 0 Å². The number of amides is 1. The number of aromatic amines is 1. The Morgan fingerprint density at radius 3 is 2.50 bits per heavy atom. The Balaban J connectivity index is 1.80. The molecule has 9 nitrogen and oxygen atoms in total. The number of nitrogens with one attached hydrogen (secondary N) is 2. The summed E-state index contributed by atoms with van der Waals surface area (Å²) >= 11 is 0. The van der Waals surface area contributed by atoms with Crippen LogP contribution in [-0.2, 0) is 20.7 Å². The van der Waals surface area contributed by atoms with Gasteiger partial charge in [0.2, 0.25) is 0 Å². The van der Waals surface area contributed by atoms with Crippen LogP contribution in [0.2, 0.25) is 0 Å². The van der Waals surface area contributed by atoms with Crippen LogP contribution in [0.25, 0.3) is 16.6 Å². The summed E-state index contributed by atoms with van der Waals surface area (Å²) in [7, 11) is 1.24. The van der Waals surface area contributed by atoms with Crippen LogP contribution in [-0.4, -0.2) is 41.4 Å². The minimum absolute atomic E-state index is 0.152. The number of esters is 1. The lowest BCUT2D eigenvalue weighted by molar-refractivity contribution is -0.142. The fourth-order valence-electron chi connectivity index (χ4n) is 3.24. The Labute approximate surface area is 184 Å². The van der Waals surface area contributed by atoms with Gasteiger partial charge in [0, 0.05) is 6.42 Å². The molecule has 0 spiro atoms. The van der Waals surface area contributed by atoms with Crippen molar-refractivity contribution in [2.45, 2.75) is 32.2 Å². The average Bonchev–Trinajstić information content (AvgIpc) is 2.79. The number of nitrogens with zero attached hydrogens (tertiary/aromatic N) is 1. The molecule has 1 unspecified atom stereocenters. The van der Waals surface area contributed by atoms with Gasteiger partial charge in [-0.1, -0.05) is 37.6 Å². The van der Waals surface area contributed by atoms with Crippen LogP contribution in [0.15, 0.2) is 58.1 Å². The van der Waals surface area contributed by atoms with Crippen molar-refractivity contribution in [1.82, 2.24) is 14.9 Å². The molecule has 2 N–H and O–H groups in total. The highest BCUT2D eigenvalue weighted by Gasteiger charge is 2.23. The van der Waals surface area contributed by atoms with Crippen molar-refractivity contribution < 1.29 is 19.1 Å². The van der Waals surface area contributed by atoms with E-state index in [0.29, 0.717) is 22.2 Å². The second-order valence-electron chi connectivity index (χ2n) is 7.20. The predicted octanol–water partition coefficient (Wildman–Crippen LogP) is 2.29. The van der Waals surface area contributed by atoms with Crippen LogP contribution in [0, 0.1) is 0 Å². The minimum atomic E-state index is -0.938. The molecular weight excluding hydrogens is 414 g/mol. The molecule has 0 fully saturated rings. The van der Waals surface area contributed by atoms with E-state index in [0.717, 1.165) is 17.4 Å². The molecule has 1 amide bonds. The van der Waals surface area contributed by atoms with Gasteiger partial charge in [-0.15, -0.1) is 0 Å². The van der Waals surface area contributed by atoms with Crippen molar-refractivity contribution in [3.8, 4) is 5.69 Å². The van der Waals surface area contributed by atoms with Gasteiger partial charge in [0.25, 0.3) is 5.56 Å². The van der Waals surface area contributed by atoms with Crippen molar-refractivity contribution in [3.63, 3.8) is 0 Å². The van der Waals surface area contributed by atoms with E-state index in [1.165, 1.54) is 7.11 Å². The molecule has 1 heterocycles. The van der Waals surface area contributed by atoms with Crippen LogP contribution in [0.4, 0.5) is 4.79 Å². The molecule has 0 saturated heterocycles. The van der Waals surface area contributed by atoms with E-state index in [9.17, 15) is 19.2 Å². The molecule has 0 aliphatic carbocycles. The molecular formula is C23H25N3O6. The van der Waals surface area contributed by atoms with Gasteiger partial charge in [0.1, 0.15) is 6.04 Å². The van der Waals surface area contributed by atoms with Gasteiger partial charge in [-0.3, -0.25) is 4.79 Å². The number of hydrogen-bond donors (Lipinski definition) is 2. The second-order valence-corrected chi connectivity index (χ2v) is 7.20. The van der Waals surface area contributed by atoms with E-state index in [1.807, 2.05) is 6.92 Å². The Morgan fingerprint density at radius 1 is 1.09 bits per heavy atom. The van der Waals surface area contributed by atoms with Crippen molar-refractivity contribution >= 4 is 23.0 Å². The molecule has 3 aromatic rings. The molecule has 0 radical (unpaired) electrons. The Bertz CT molecular complexity index is 1210. The molecule has 3 rings (SSSR count). The van der Waals surface area contributed by atoms with Gasteiger partial charge in [0.15, 0.2) is 0 Å². The van der Waals surface area contributed by atoms with Crippen LogP contribution in [0.5, 0.6) is 0 Å². The first-order valence-corrected chi connectivity index (χ1v) is 10.3. The third kappa shape index (κ3) is 5.23. The quantitative estimate of drug-likeness (QED) is 0.411.